The lowest BCUT2D eigenvalue weighted by molar-refractivity contribution is -0.0499. The van der Waals surface area contributed by atoms with Crippen molar-refractivity contribution in [3.63, 3.8) is 0 Å². The molecule has 0 aromatic heterocycles. The Morgan fingerprint density at radius 2 is 2.16 bits per heavy atom. The highest BCUT2D eigenvalue weighted by molar-refractivity contribution is 5.30. The lowest BCUT2D eigenvalue weighted by Crippen LogP contribution is -2.57. The van der Waals surface area contributed by atoms with Gasteiger partial charge in [0.1, 0.15) is 5.75 Å². The van der Waals surface area contributed by atoms with Gasteiger partial charge in [-0.1, -0.05) is 19.1 Å². The second-order valence-electron chi connectivity index (χ2n) is 4.77. The Kier molecular flexibility index (Phi) is 4.71. The number of rotatable bonds is 6. The van der Waals surface area contributed by atoms with Crippen LogP contribution in [0.5, 0.6) is 5.75 Å². The summed E-state index contributed by atoms with van der Waals surface area (Å²) in [4.78, 5) is 2.37. The summed E-state index contributed by atoms with van der Waals surface area (Å²) in [5.74, 6) is 0.224. The highest BCUT2D eigenvalue weighted by atomic mass is 19.3. The molecule has 19 heavy (non-hydrogen) atoms. The Bertz CT molecular complexity index is 410. The van der Waals surface area contributed by atoms with Gasteiger partial charge < -0.3 is 10.1 Å². The van der Waals surface area contributed by atoms with Crippen molar-refractivity contribution in [3.05, 3.63) is 29.8 Å². The number of benzene rings is 1. The van der Waals surface area contributed by atoms with Crippen molar-refractivity contribution in [2.75, 3.05) is 19.6 Å². The summed E-state index contributed by atoms with van der Waals surface area (Å²) in [6, 6.07) is 7.70. The molecule has 0 aliphatic carbocycles. The largest absolute Gasteiger partial charge is 0.435 e. The number of ether oxygens (including phenoxy) is 1. The van der Waals surface area contributed by atoms with Crippen molar-refractivity contribution < 1.29 is 13.5 Å². The zero-order valence-corrected chi connectivity index (χ0v) is 11.3. The van der Waals surface area contributed by atoms with Gasteiger partial charge in [0.2, 0.25) is 0 Å². The third-order valence-electron chi connectivity index (χ3n) is 3.66. The topological polar surface area (TPSA) is 24.5 Å². The van der Waals surface area contributed by atoms with Crippen LogP contribution >= 0.6 is 0 Å². The molecule has 0 amide bonds. The maximum Gasteiger partial charge on any atom is 0.387 e. The minimum Gasteiger partial charge on any atom is -0.435 e. The first-order valence-corrected chi connectivity index (χ1v) is 6.63. The van der Waals surface area contributed by atoms with Gasteiger partial charge in [-0.25, -0.2) is 0 Å². The molecule has 1 aromatic rings. The quantitative estimate of drug-likeness (QED) is 0.860. The van der Waals surface area contributed by atoms with Gasteiger partial charge in [-0.15, -0.1) is 0 Å². The average molecular weight is 270 g/mol. The molecule has 3 nitrogen and oxygen atoms in total. The molecule has 1 heterocycles. The normalized spacial score (nSPS) is 17.6. The van der Waals surface area contributed by atoms with Gasteiger partial charge in [0.05, 0.1) is 0 Å². The summed E-state index contributed by atoms with van der Waals surface area (Å²) >= 11 is 0. The monoisotopic (exact) mass is 270 g/mol. The van der Waals surface area contributed by atoms with Crippen LogP contribution in [0.2, 0.25) is 0 Å². The van der Waals surface area contributed by atoms with Crippen molar-refractivity contribution in [1.82, 2.24) is 10.2 Å². The van der Waals surface area contributed by atoms with Crippen LogP contribution in [0.25, 0.3) is 0 Å². The maximum absolute atomic E-state index is 12.2. The molecule has 2 rings (SSSR count). The first-order valence-electron chi connectivity index (χ1n) is 6.63. The smallest absolute Gasteiger partial charge is 0.387 e. The van der Waals surface area contributed by atoms with Crippen LogP contribution < -0.4 is 10.1 Å². The molecule has 1 atom stereocenters. The van der Waals surface area contributed by atoms with E-state index in [1.165, 1.54) is 0 Å². The van der Waals surface area contributed by atoms with Crippen LogP contribution in [0.4, 0.5) is 8.78 Å². The highest BCUT2D eigenvalue weighted by Gasteiger charge is 2.27. The molecule has 1 unspecified atom stereocenters. The van der Waals surface area contributed by atoms with Gasteiger partial charge in [-0.05, 0) is 31.2 Å². The summed E-state index contributed by atoms with van der Waals surface area (Å²) in [5, 5.41) is 3.25. The van der Waals surface area contributed by atoms with E-state index in [1.54, 1.807) is 18.2 Å². The zero-order chi connectivity index (χ0) is 13.8. The molecule has 1 aliphatic heterocycles. The van der Waals surface area contributed by atoms with Crippen LogP contribution in [0.1, 0.15) is 25.5 Å². The van der Waals surface area contributed by atoms with Crippen LogP contribution in [-0.2, 0) is 0 Å². The molecular weight excluding hydrogens is 250 g/mol. The van der Waals surface area contributed by atoms with E-state index >= 15 is 0 Å². The fourth-order valence-electron chi connectivity index (χ4n) is 2.50. The van der Waals surface area contributed by atoms with Crippen molar-refractivity contribution in [3.8, 4) is 5.75 Å². The van der Waals surface area contributed by atoms with Crippen LogP contribution in [0.3, 0.4) is 0 Å². The summed E-state index contributed by atoms with van der Waals surface area (Å²) < 4.78 is 28.9. The molecule has 1 fully saturated rings. The predicted molar refractivity (Wildman–Crippen MR) is 70.5 cm³/mol. The standard InChI is InChI=1S/C14H20F2N2O/c1-3-18(12-8-17-9-12)10(2)11-5-4-6-13(7-11)19-14(15)16/h4-7,10,12,14,17H,3,8-9H2,1-2H3. The van der Waals surface area contributed by atoms with E-state index in [4.69, 9.17) is 0 Å². The van der Waals surface area contributed by atoms with E-state index in [-0.39, 0.29) is 11.8 Å². The Balaban J connectivity index is 2.10. The van der Waals surface area contributed by atoms with E-state index in [1.807, 2.05) is 6.07 Å². The molecule has 5 heteroatoms. The van der Waals surface area contributed by atoms with E-state index in [2.05, 4.69) is 28.8 Å². The summed E-state index contributed by atoms with van der Waals surface area (Å²) in [6.45, 7) is 4.37. The molecular formula is C14H20F2N2O. The fraction of sp³-hybridized carbons (Fsp3) is 0.571. The molecule has 1 N–H and O–H groups in total. The van der Waals surface area contributed by atoms with Gasteiger partial charge in [0, 0.05) is 25.2 Å². The van der Waals surface area contributed by atoms with E-state index < -0.39 is 6.61 Å². The van der Waals surface area contributed by atoms with Gasteiger partial charge in [0.15, 0.2) is 0 Å². The summed E-state index contributed by atoms with van der Waals surface area (Å²) in [5.41, 5.74) is 1.01. The Labute approximate surface area is 112 Å². The van der Waals surface area contributed by atoms with Crippen LogP contribution in [0.15, 0.2) is 24.3 Å². The number of halogens is 2. The van der Waals surface area contributed by atoms with Gasteiger partial charge >= 0.3 is 6.61 Å². The summed E-state index contributed by atoms with van der Waals surface area (Å²) in [7, 11) is 0. The van der Waals surface area contributed by atoms with E-state index in [0.29, 0.717) is 6.04 Å². The molecule has 0 saturated carbocycles. The number of nitrogens with zero attached hydrogens (tertiary/aromatic N) is 1. The van der Waals surface area contributed by atoms with Gasteiger partial charge in [-0.2, -0.15) is 8.78 Å². The molecule has 1 saturated heterocycles. The maximum atomic E-state index is 12.2. The van der Waals surface area contributed by atoms with E-state index in [0.717, 1.165) is 25.2 Å². The molecule has 1 aromatic carbocycles. The second kappa shape index (κ2) is 6.30. The zero-order valence-electron chi connectivity index (χ0n) is 11.3. The number of hydrogen-bond donors (Lipinski definition) is 1. The number of alkyl halides is 2. The minimum atomic E-state index is -2.77. The Morgan fingerprint density at radius 3 is 2.68 bits per heavy atom. The molecule has 1 aliphatic rings. The van der Waals surface area contributed by atoms with Crippen molar-refractivity contribution in [2.24, 2.45) is 0 Å². The third-order valence-corrected chi connectivity index (χ3v) is 3.66. The lowest BCUT2D eigenvalue weighted by atomic mass is 10.0. The Morgan fingerprint density at radius 1 is 1.42 bits per heavy atom. The number of likely N-dealkylation sites (N-methyl/N-ethyl adjacent to an activating group) is 1. The average Bonchev–Trinajstić information content (AvgIpc) is 2.32. The molecule has 0 spiro atoms. The minimum absolute atomic E-state index is 0.193. The van der Waals surface area contributed by atoms with Crippen LogP contribution in [-0.4, -0.2) is 37.2 Å². The Hall–Kier alpha value is -1.20. The third kappa shape index (κ3) is 3.42. The highest BCUT2D eigenvalue weighted by Crippen LogP contribution is 2.27. The number of hydrogen-bond acceptors (Lipinski definition) is 3. The fourth-order valence-corrected chi connectivity index (χ4v) is 2.50. The van der Waals surface area contributed by atoms with Crippen LogP contribution in [0, 0.1) is 0 Å². The van der Waals surface area contributed by atoms with E-state index in [9.17, 15) is 8.78 Å². The second-order valence-corrected chi connectivity index (χ2v) is 4.77. The van der Waals surface area contributed by atoms with Gasteiger partial charge in [0.25, 0.3) is 0 Å². The molecule has 0 radical (unpaired) electrons. The predicted octanol–water partition coefficient (Wildman–Crippen LogP) is 2.64. The van der Waals surface area contributed by atoms with Crippen molar-refractivity contribution in [1.29, 1.82) is 0 Å². The number of nitrogens with one attached hydrogen (secondary N) is 1. The first-order chi connectivity index (χ1) is 9.11. The lowest BCUT2D eigenvalue weighted by Gasteiger charge is -2.41. The summed E-state index contributed by atoms with van der Waals surface area (Å²) in [6.07, 6.45) is 0. The molecule has 106 valence electrons. The SMILES string of the molecule is CCN(C1CNC1)C(C)c1cccc(OC(F)F)c1. The van der Waals surface area contributed by atoms with Crippen molar-refractivity contribution in [2.45, 2.75) is 32.5 Å². The molecule has 0 bridgehead atoms. The van der Waals surface area contributed by atoms with Gasteiger partial charge in [-0.3, -0.25) is 4.90 Å². The first kappa shape index (κ1) is 14.2. The van der Waals surface area contributed by atoms with Crippen molar-refractivity contribution >= 4 is 0 Å².